The van der Waals surface area contributed by atoms with Gasteiger partial charge in [-0.25, -0.2) is 0 Å². The molecule has 1 aliphatic heterocycles. The van der Waals surface area contributed by atoms with Gasteiger partial charge in [0.05, 0.1) is 6.61 Å². The minimum atomic E-state index is 0.661. The summed E-state index contributed by atoms with van der Waals surface area (Å²) in [6.45, 7) is 6.57. The second-order valence-electron chi connectivity index (χ2n) is 5.24. The second kappa shape index (κ2) is 5.28. The van der Waals surface area contributed by atoms with Gasteiger partial charge >= 0.3 is 0 Å². The van der Waals surface area contributed by atoms with E-state index < -0.39 is 0 Å². The quantitative estimate of drug-likeness (QED) is 0.713. The molecule has 88 valence electrons. The Morgan fingerprint density at radius 3 is 2.80 bits per heavy atom. The highest BCUT2D eigenvalue weighted by molar-refractivity contribution is 4.82. The number of nitrogens with one attached hydrogen (secondary N) is 1. The van der Waals surface area contributed by atoms with Crippen molar-refractivity contribution in [2.24, 2.45) is 5.92 Å². The molecule has 0 radical (unpaired) electrons. The fourth-order valence-electron chi connectivity index (χ4n) is 2.23. The Bertz CT molecular complexity index is 188. The van der Waals surface area contributed by atoms with Crippen LogP contribution in [-0.2, 0) is 4.74 Å². The summed E-state index contributed by atoms with van der Waals surface area (Å²) >= 11 is 0. The minimum Gasteiger partial charge on any atom is -0.380 e. The summed E-state index contributed by atoms with van der Waals surface area (Å²) in [5.41, 5.74) is 0. The molecule has 1 N–H and O–H groups in total. The maximum absolute atomic E-state index is 5.41. The third-order valence-corrected chi connectivity index (χ3v) is 3.46. The summed E-state index contributed by atoms with van der Waals surface area (Å²) in [7, 11) is 2.23. The molecule has 2 aliphatic rings. The van der Waals surface area contributed by atoms with E-state index in [2.05, 4.69) is 24.2 Å². The van der Waals surface area contributed by atoms with E-state index in [1.54, 1.807) is 0 Å². The maximum atomic E-state index is 5.41. The number of ether oxygens (including phenoxy) is 1. The Labute approximate surface area is 93.2 Å². The van der Waals surface area contributed by atoms with Crippen molar-refractivity contribution >= 4 is 0 Å². The molecule has 2 rings (SSSR count). The monoisotopic (exact) mass is 212 g/mol. The Balaban J connectivity index is 1.60. The van der Waals surface area contributed by atoms with Crippen molar-refractivity contribution in [3.05, 3.63) is 0 Å². The molecule has 2 fully saturated rings. The van der Waals surface area contributed by atoms with Gasteiger partial charge in [-0.3, -0.25) is 0 Å². The smallest absolute Gasteiger partial charge is 0.0622 e. The van der Waals surface area contributed by atoms with Gasteiger partial charge < -0.3 is 15.0 Å². The van der Waals surface area contributed by atoms with Crippen molar-refractivity contribution in [1.29, 1.82) is 0 Å². The van der Waals surface area contributed by atoms with Crippen molar-refractivity contribution < 1.29 is 4.74 Å². The van der Waals surface area contributed by atoms with Gasteiger partial charge in [0.25, 0.3) is 0 Å². The van der Waals surface area contributed by atoms with Crippen molar-refractivity contribution in [2.75, 3.05) is 33.4 Å². The molecule has 0 aromatic carbocycles. The lowest BCUT2D eigenvalue weighted by molar-refractivity contribution is 0.150. The van der Waals surface area contributed by atoms with E-state index >= 15 is 0 Å². The zero-order valence-corrected chi connectivity index (χ0v) is 10.0. The molecule has 0 spiro atoms. The van der Waals surface area contributed by atoms with Crippen molar-refractivity contribution in [3.63, 3.8) is 0 Å². The van der Waals surface area contributed by atoms with E-state index in [1.165, 1.54) is 32.4 Å². The maximum Gasteiger partial charge on any atom is 0.0622 e. The average Bonchev–Trinajstić information content (AvgIpc) is 2.87. The zero-order valence-electron chi connectivity index (χ0n) is 10.0. The van der Waals surface area contributed by atoms with Crippen LogP contribution in [0.15, 0.2) is 0 Å². The molecular formula is C12H24N2O. The molecule has 0 aromatic heterocycles. The van der Waals surface area contributed by atoms with Gasteiger partial charge in [0, 0.05) is 25.2 Å². The van der Waals surface area contributed by atoms with E-state index in [4.69, 9.17) is 4.74 Å². The van der Waals surface area contributed by atoms with Crippen LogP contribution in [0.4, 0.5) is 0 Å². The topological polar surface area (TPSA) is 24.5 Å². The lowest BCUT2D eigenvalue weighted by Crippen LogP contribution is -2.38. The summed E-state index contributed by atoms with van der Waals surface area (Å²) in [5, 5.41) is 3.59. The summed E-state index contributed by atoms with van der Waals surface area (Å²) in [6.07, 6.45) is 3.98. The second-order valence-corrected chi connectivity index (χ2v) is 5.24. The highest BCUT2D eigenvalue weighted by Crippen LogP contribution is 2.19. The molecule has 1 aliphatic carbocycles. The van der Waals surface area contributed by atoms with Crippen LogP contribution in [0.25, 0.3) is 0 Å². The summed E-state index contributed by atoms with van der Waals surface area (Å²) < 4.78 is 5.41. The van der Waals surface area contributed by atoms with Crippen molar-refractivity contribution in [2.45, 2.75) is 38.3 Å². The van der Waals surface area contributed by atoms with Gasteiger partial charge in [-0.1, -0.05) is 6.92 Å². The van der Waals surface area contributed by atoms with E-state index in [9.17, 15) is 0 Å². The molecule has 15 heavy (non-hydrogen) atoms. The van der Waals surface area contributed by atoms with Gasteiger partial charge in [-0.15, -0.1) is 0 Å². The molecule has 3 heteroatoms. The van der Waals surface area contributed by atoms with E-state index in [1.807, 2.05) is 0 Å². The molecule has 0 amide bonds. The minimum absolute atomic E-state index is 0.661. The van der Waals surface area contributed by atoms with Crippen molar-refractivity contribution in [1.82, 2.24) is 10.2 Å². The van der Waals surface area contributed by atoms with Gasteiger partial charge in [-0.2, -0.15) is 0 Å². The lowest BCUT2D eigenvalue weighted by Gasteiger charge is -2.26. The van der Waals surface area contributed by atoms with Gasteiger partial charge in [0.1, 0.15) is 0 Å². The molecule has 1 saturated heterocycles. The molecule has 0 bridgehead atoms. The largest absolute Gasteiger partial charge is 0.380 e. The third kappa shape index (κ3) is 3.74. The Hall–Kier alpha value is -0.120. The van der Waals surface area contributed by atoms with Crippen LogP contribution in [0.2, 0.25) is 0 Å². The third-order valence-electron chi connectivity index (χ3n) is 3.46. The number of nitrogens with zero attached hydrogens (tertiary/aromatic N) is 1. The Morgan fingerprint density at radius 1 is 1.40 bits per heavy atom. The molecule has 2 atom stereocenters. The normalized spacial score (nSPS) is 28.6. The lowest BCUT2D eigenvalue weighted by atomic mass is 10.1. The van der Waals surface area contributed by atoms with Gasteiger partial charge in [0.15, 0.2) is 0 Å². The molecular weight excluding hydrogens is 188 g/mol. The first-order valence-electron chi connectivity index (χ1n) is 6.27. The van der Waals surface area contributed by atoms with Crippen LogP contribution < -0.4 is 5.32 Å². The fraction of sp³-hybridized carbons (Fsp3) is 1.00. The molecule has 3 nitrogen and oxygen atoms in total. The van der Waals surface area contributed by atoms with E-state index in [-0.39, 0.29) is 0 Å². The van der Waals surface area contributed by atoms with Crippen LogP contribution in [0.3, 0.4) is 0 Å². The van der Waals surface area contributed by atoms with Crippen LogP contribution in [0.5, 0.6) is 0 Å². The summed E-state index contributed by atoms with van der Waals surface area (Å²) in [4.78, 5) is 2.46. The number of hydrogen-bond donors (Lipinski definition) is 1. The van der Waals surface area contributed by atoms with Crippen LogP contribution in [-0.4, -0.2) is 50.3 Å². The standard InChI is InChI=1S/C12H24N2O/c1-10(7-13-11-3-4-11)8-14(2)12-5-6-15-9-12/h10-13H,3-9H2,1-2H3. The van der Waals surface area contributed by atoms with E-state index in [0.717, 1.165) is 25.2 Å². The first kappa shape index (κ1) is 11.4. The Kier molecular flexibility index (Phi) is 4.00. The number of hydrogen-bond acceptors (Lipinski definition) is 3. The SMILES string of the molecule is CC(CNC1CC1)CN(C)C1CCOC1. The predicted octanol–water partition coefficient (Wildman–Crippen LogP) is 1.10. The fourth-order valence-corrected chi connectivity index (χ4v) is 2.23. The number of rotatable bonds is 6. The molecule has 0 aromatic rings. The van der Waals surface area contributed by atoms with E-state index in [0.29, 0.717) is 6.04 Å². The molecule has 1 heterocycles. The highest BCUT2D eigenvalue weighted by Gasteiger charge is 2.23. The molecule has 1 saturated carbocycles. The summed E-state index contributed by atoms with van der Waals surface area (Å²) in [6, 6.07) is 1.50. The highest BCUT2D eigenvalue weighted by atomic mass is 16.5. The van der Waals surface area contributed by atoms with Crippen LogP contribution >= 0.6 is 0 Å². The van der Waals surface area contributed by atoms with Crippen LogP contribution in [0.1, 0.15) is 26.2 Å². The number of likely N-dealkylation sites (N-methyl/N-ethyl adjacent to an activating group) is 1. The van der Waals surface area contributed by atoms with Crippen molar-refractivity contribution in [3.8, 4) is 0 Å². The summed E-state index contributed by atoms with van der Waals surface area (Å²) in [5.74, 6) is 0.746. The van der Waals surface area contributed by atoms with Gasteiger partial charge in [0.2, 0.25) is 0 Å². The van der Waals surface area contributed by atoms with Gasteiger partial charge in [-0.05, 0) is 38.8 Å². The van der Waals surface area contributed by atoms with Crippen LogP contribution in [0, 0.1) is 5.92 Å². The average molecular weight is 212 g/mol. The predicted molar refractivity (Wildman–Crippen MR) is 62.0 cm³/mol. The zero-order chi connectivity index (χ0) is 10.7. The molecule has 2 unspecified atom stereocenters. The first-order valence-corrected chi connectivity index (χ1v) is 6.27. The Morgan fingerprint density at radius 2 is 2.20 bits per heavy atom. The first-order chi connectivity index (χ1) is 7.25.